The van der Waals surface area contributed by atoms with Gasteiger partial charge in [-0.25, -0.2) is 0 Å². The fraction of sp³-hybridized carbons (Fsp3) is 0.500. The highest BCUT2D eigenvalue weighted by atomic mass is 32.2. The molecule has 1 rings (SSSR count). The molecule has 0 radical (unpaired) electrons. The fourth-order valence-electron chi connectivity index (χ4n) is 0.614. The first kappa shape index (κ1) is 9.47. The first-order valence-corrected chi connectivity index (χ1v) is 4.71. The molecule has 0 aliphatic carbocycles. The molecule has 1 fully saturated rings. The smallest absolute Gasteiger partial charge is 0.259 e. The van der Waals surface area contributed by atoms with Crippen LogP contribution < -0.4 is 0 Å². The summed E-state index contributed by atoms with van der Waals surface area (Å²) in [6, 6.07) is 0. The van der Waals surface area contributed by atoms with E-state index in [9.17, 15) is 4.79 Å². The Bertz CT molecular complexity index is 223. The number of thioether (sulfide) groups is 1. The minimum Gasteiger partial charge on any atom is -0.367 e. The lowest BCUT2D eigenvalue weighted by atomic mass is 10.7. The zero-order valence-corrected chi connectivity index (χ0v) is 8.48. The summed E-state index contributed by atoms with van der Waals surface area (Å²) >= 11 is 6.25. The van der Waals surface area contributed by atoms with Crippen LogP contribution in [0.25, 0.3) is 0 Å². The second kappa shape index (κ2) is 3.86. The molecule has 1 heterocycles. The Morgan fingerprint density at radius 3 is 2.83 bits per heavy atom. The van der Waals surface area contributed by atoms with Gasteiger partial charge in [0.05, 0.1) is 5.75 Å². The van der Waals surface area contributed by atoms with Crippen molar-refractivity contribution in [3.63, 3.8) is 0 Å². The maximum absolute atomic E-state index is 11.1. The van der Waals surface area contributed by atoms with Crippen molar-refractivity contribution in [3.05, 3.63) is 0 Å². The lowest BCUT2D eigenvalue weighted by molar-refractivity contribution is -0.124. The molecule has 0 aromatic rings. The van der Waals surface area contributed by atoms with Gasteiger partial charge >= 0.3 is 0 Å². The van der Waals surface area contributed by atoms with E-state index in [0.29, 0.717) is 10.1 Å². The molecule has 0 bridgehead atoms. The molecular formula is C6H9N3OS2. The van der Waals surface area contributed by atoms with Crippen LogP contribution in [-0.2, 0) is 4.79 Å². The predicted octanol–water partition coefficient (Wildman–Crippen LogP) is 0.352. The highest BCUT2D eigenvalue weighted by molar-refractivity contribution is 8.23. The van der Waals surface area contributed by atoms with Crippen molar-refractivity contribution < 1.29 is 4.79 Å². The lowest BCUT2D eigenvalue weighted by Gasteiger charge is -2.08. The lowest BCUT2D eigenvalue weighted by Crippen LogP contribution is -2.24. The van der Waals surface area contributed by atoms with Gasteiger partial charge in [0, 0.05) is 14.1 Å². The summed E-state index contributed by atoms with van der Waals surface area (Å²) < 4.78 is 0.526. The molecular weight excluding hydrogens is 194 g/mol. The molecule has 0 aromatic carbocycles. The summed E-state index contributed by atoms with van der Waals surface area (Å²) in [4.78, 5) is 12.8. The third kappa shape index (κ3) is 2.18. The van der Waals surface area contributed by atoms with Gasteiger partial charge in [0.2, 0.25) is 0 Å². The van der Waals surface area contributed by atoms with Crippen molar-refractivity contribution in [2.75, 3.05) is 19.8 Å². The minimum absolute atomic E-state index is 0.0527. The average molecular weight is 203 g/mol. The molecule has 66 valence electrons. The molecule has 1 aliphatic heterocycles. The van der Waals surface area contributed by atoms with Crippen molar-refractivity contribution in [2.45, 2.75) is 0 Å². The Hall–Kier alpha value is -0.620. The summed E-state index contributed by atoms with van der Waals surface area (Å²) in [5.74, 6) is 0.354. The highest BCUT2D eigenvalue weighted by Gasteiger charge is 2.25. The van der Waals surface area contributed by atoms with Crippen LogP contribution in [0, 0.1) is 0 Å². The van der Waals surface area contributed by atoms with Gasteiger partial charge in [0.1, 0.15) is 6.34 Å². The molecule has 4 nitrogen and oxygen atoms in total. The van der Waals surface area contributed by atoms with E-state index >= 15 is 0 Å². The number of carbonyl (C=O) groups excluding carboxylic acids is 1. The van der Waals surface area contributed by atoms with Crippen LogP contribution in [0.15, 0.2) is 5.10 Å². The van der Waals surface area contributed by atoms with Crippen LogP contribution >= 0.6 is 24.0 Å². The van der Waals surface area contributed by atoms with E-state index in [4.69, 9.17) is 12.2 Å². The molecule has 0 saturated carbocycles. The second-order valence-electron chi connectivity index (χ2n) is 2.45. The van der Waals surface area contributed by atoms with Crippen LogP contribution in [0.2, 0.25) is 0 Å². The molecule has 0 spiro atoms. The van der Waals surface area contributed by atoms with Crippen LogP contribution in [0.1, 0.15) is 0 Å². The van der Waals surface area contributed by atoms with Gasteiger partial charge in [-0.1, -0.05) is 24.0 Å². The summed E-state index contributed by atoms with van der Waals surface area (Å²) in [7, 11) is 3.67. The predicted molar refractivity (Wildman–Crippen MR) is 54.1 cm³/mol. The van der Waals surface area contributed by atoms with Crippen molar-refractivity contribution in [1.82, 2.24) is 9.91 Å². The van der Waals surface area contributed by atoms with Crippen molar-refractivity contribution in [1.29, 1.82) is 0 Å². The Kier molecular flexibility index (Phi) is 3.05. The van der Waals surface area contributed by atoms with Crippen molar-refractivity contribution in [3.8, 4) is 0 Å². The standard InChI is InChI=1S/C6H9N3OS2/c1-8(2)4-7-9-5(10)3-12-6(9)11/h4H,3H2,1-2H3/b7-4+. The van der Waals surface area contributed by atoms with E-state index in [1.165, 1.54) is 16.8 Å². The van der Waals surface area contributed by atoms with E-state index < -0.39 is 0 Å². The quantitative estimate of drug-likeness (QED) is 0.369. The Morgan fingerprint density at radius 2 is 2.42 bits per heavy atom. The number of nitrogens with zero attached hydrogens (tertiary/aromatic N) is 3. The van der Waals surface area contributed by atoms with E-state index in [0.717, 1.165) is 0 Å². The topological polar surface area (TPSA) is 35.9 Å². The number of hydrogen-bond acceptors (Lipinski definition) is 4. The zero-order valence-electron chi connectivity index (χ0n) is 6.85. The molecule has 0 atom stereocenters. The van der Waals surface area contributed by atoms with Crippen molar-refractivity contribution in [2.24, 2.45) is 5.10 Å². The number of hydrazone groups is 1. The number of hydrogen-bond donors (Lipinski definition) is 0. The molecule has 0 aromatic heterocycles. The second-order valence-corrected chi connectivity index (χ2v) is 4.06. The number of thiocarbonyl (C=S) groups is 1. The number of carbonyl (C=O) groups is 1. The fourth-order valence-corrected chi connectivity index (χ4v) is 1.58. The first-order chi connectivity index (χ1) is 5.61. The molecule has 1 amide bonds. The van der Waals surface area contributed by atoms with Gasteiger partial charge in [-0.3, -0.25) is 4.79 Å². The third-order valence-corrected chi connectivity index (χ3v) is 2.46. The highest BCUT2D eigenvalue weighted by Crippen LogP contribution is 2.18. The van der Waals surface area contributed by atoms with Gasteiger partial charge in [-0.15, -0.1) is 0 Å². The average Bonchev–Trinajstić information content (AvgIpc) is 2.28. The number of rotatable bonds is 2. The van der Waals surface area contributed by atoms with Crippen LogP contribution in [-0.4, -0.2) is 46.3 Å². The maximum atomic E-state index is 11.1. The number of amides is 1. The molecule has 12 heavy (non-hydrogen) atoms. The van der Waals surface area contributed by atoms with Gasteiger partial charge in [0.25, 0.3) is 5.91 Å². The Morgan fingerprint density at radius 1 is 1.75 bits per heavy atom. The molecule has 6 heteroatoms. The summed E-state index contributed by atoms with van der Waals surface area (Å²) in [5.41, 5.74) is 0. The molecule has 1 aliphatic rings. The van der Waals surface area contributed by atoms with Crippen LogP contribution in [0.3, 0.4) is 0 Å². The molecule has 0 N–H and O–H groups in total. The van der Waals surface area contributed by atoms with E-state index in [2.05, 4.69) is 5.10 Å². The largest absolute Gasteiger partial charge is 0.367 e. The summed E-state index contributed by atoms with van der Waals surface area (Å²) in [6.45, 7) is 0. The van der Waals surface area contributed by atoms with Crippen LogP contribution in [0.5, 0.6) is 0 Å². The van der Waals surface area contributed by atoms with Gasteiger partial charge in [-0.2, -0.15) is 10.1 Å². The molecule has 1 saturated heterocycles. The molecule has 0 unspecified atom stereocenters. The minimum atomic E-state index is -0.0527. The SMILES string of the molecule is CN(C)/C=N/N1C(=O)CSC1=S. The van der Waals surface area contributed by atoms with Gasteiger partial charge in [-0.05, 0) is 0 Å². The van der Waals surface area contributed by atoms with Gasteiger partial charge in [0.15, 0.2) is 4.32 Å². The normalized spacial score (nSPS) is 18.0. The first-order valence-electron chi connectivity index (χ1n) is 3.31. The Balaban J connectivity index is 2.62. The van der Waals surface area contributed by atoms with Crippen molar-refractivity contribution >= 4 is 40.5 Å². The Labute approximate surface area is 80.6 Å². The maximum Gasteiger partial charge on any atom is 0.259 e. The zero-order chi connectivity index (χ0) is 9.14. The van der Waals surface area contributed by atoms with E-state index in [-0.39, 0.29) is 5.91 Å². The summed E-state index contributed by atoms with van der Waals surface area (Å²) in [6.07, 6.45) is 1.55. The van der Waals surface area contributed by atoms with Gasteiger partial charge < -0.3 is 4.90 Å². The third-order valence-electron chi connectivity index (χ3n) is 1.13. The van der Waals surface area contributed by atoms with E-state index in [1.807, 2.05) is 14.1 Å². The monoisotopic (exact) mass is 203 g/mol. The van der Waals surface area contributed by atoms with Crippen LogP contribution in [0.4, 0.5) is 0 Å². The summed E-state index contributed by atoms with van der Waals surface area (Å²) in [5, 5.41) is 5.16. The van der Waals surface area contributed by atoms with E-state index in [1.54, 1.807) is 11.2 Å².